The predicted octanol–water partition coefficient (Wildman–Crippen LogP) is 1.03. The molecule has 0 spiro atoms. The highest BCUT2D eigenvalue weighted by molar-refractivity contribution is 6.03. The van der Waals surface area contributed by atoms with Crippen LogP contribution in [0.1, 0.15) is 21.7 Å². The van der Waals surface area contributed by atoms with Crippen molar-refractivity contribution in [3.05, 3.63) is 51.7 Å². The van der Waals surface area contributed by atoms with Crippen molar-refractivity contribution >= 4 is 11.9 Å². The first-order valence-corrected chi connectivity index (χ1v) is 5.37. The fourth-order valence-electron chi connectivity index (χ4n) is 1.51. The van der Waals surface area contributed by atoms with Gasteiger partial charge in [0.2, 0.25) is 11.5 Å². The van der Waals surface area contributed by atoms with Crippen LogP contribution in [0.25, 0.3) is 0 Å². The molecule has 6 heteroatoms. The fraction of sp³-hybridized carbons (Fsp3) is 0.167. The van der Waals surface area contributed by atoms with Gasteiger partial charge in [0.05, 0.1) is 5.56 Å². The first-order chi connectivity index (χ1) is 8.54. The van der Waals surface area contributed by atoms with Gasteiger partial charge in [-0.1, -0.05) is 0 Å². The van der Waals surface area contributed by atoms with Crippen molar-refractivity contribution in [2.75, 3.05) is 5.32 Å². The van der Waals surface area contributed by atoms with Crippen molar-refractivity contribution < 1.29 is 4.79 Å². The van der Waals surface area contributed by atoms with Gasteiger partial charge in [-0.3, -0.25) is 14.9 Å². The summed E-state index contributed by atoms with van der Waals surface area (Å²) in [6.45, 7) is 3.65. The molecule has 0 radical (unpaired) electrons. The van der Waals surface area contributed by atoms with Gasteiger partial charge in [-0.15, -0.1) is 0 Å². The molecule has 0 aromatic carbocycles. The van der Waals surface area contributed by atoms with Gasteiger partial charge in [0.25, 0.3) is 5.91 Å². The molecule has 1 amide bonds. The number of H-pyrrole nitrogens is 1. The van der Waals surface area contributed by atoms with E-state index in [1.165, 1.54) is 18.3 Å². The maximum Gasteiger partial charge on any atom is 0.259 e. The molecule has 2 rings (SSSR count). The molecule has 0 fully saturated rings. The smallest absolute Gasteiger partial charge is 0.259 e. The molecule has 6 nitrogen and oxygen atoms in total. The summed E-state index contributed by atoms with van der Waals surface area (Å²) in [4.78, 5) is 33.4. The van der Waals surface area contributed by atoms with Crippen molar-refractivity contribution in [2.24, 2.45) is 0 Å². The van der Waals surface area contributed by atoms with Crippen molar-refractivity contribution in [1.29, 1.82) is 0 Å². The second-order valence-corrected chi connectivity index (χ2v) is 3.87. The average Bonchev–Trinajstić information content (AvgIpc) is 2.28. The Bertz CT molecular complexity index is 608. The molecule has 92 valence electrons. The molecule has 0 bridgehead atoms. The lowest BCUT2D eigenvalue weighted by molar-refractivity contribution is 0.102. The van der Waals surface area contributed by atoms with Gasteiger partial charge in [0.1, 0.15) is 0 Å². The van der Waals surface area contributed by atoms with Crippen LogP contribution < -0.4 is 10.9 Å². The van der Waals surface area contributed by atoms with Gasteiger partial charge in [-0.05, 0) is 26.0 Å². The van der Waals surface area contributed by atoms with E-state index in [1.54, 1.807) is 0 Å². The monoisotopic (exact) mass is 244 g/mol. The maximum atomic E-state index is 11.8. The third-order valence-electron chi connectivity index (χ3n) is 2.25. The van der Waals surface area contributed by atoms with Crippen LogP contribution in [0.4, 0.5) is 5.95 Å². The van der Waals surface area contributed by atoms with Crippen LogP contribution in [0.3, 0.4) is 0 Å². The van der Waals surface area contributed by atoms with Crippen molar-refractivity contribution in [2.45, 2.75) is 13.8 Å². The molecule has 0 aliphatic heterocycles. The summed E-state index contributed by atoms with van der Waals surface area (Å²) in [6, 6.07) is 4.55. The maximum absolute atomic E-state index is 11.8. The average molecular weight is 244 g/mol. The number of hydrogen-bond donors (Lipinski definition) is 2. The van der Waals surface area contributed by atoms with Gasteiger partial charge < -0.3 is 4.98 Å². The van der Waals surface area contributed by atoms with Crippen LogP contribution in [-0.4, -0.2) is 20.9 Å². The normalized spacial score (nSPS) is 10.1. The van der Waals surface area contributed by atoms with Gasteiger partial charge in [-0.2, -0.15) is 0 Å². The zero-order chi connectivity index (χ0) is 13.1. The number of hydrogen-bond acceptors (Lipinski definition) is 4. The van der Waals surface area contributed by atoms with Crippen LogP contribution >= 0.6 is 0 Å². The topological polar surface area (TPSA) is 87.7 Å². The van der Waals surface area contributed by atoms with Crippen molar-refractivity contribution in [3.63, 3.8) is 0 Å². The minimum absolute atomic E-state index is 0.253. The number of rotatable bonds is 2. The summed E-state index contributed by atoms with van der Waals surface area (Å²) in [5.74, 6) is -0.111. The summed E-state index contributed by atoms with van der Waals surface area (Å²) in [5, 5.41) is 2.58. The Kier molecular flexibility index (Phi) is 3.18. The minimum Gasteiger partial charge on any atom is -0.328 e. The molecule has 0 unspecified atom stereocenters. The Labute approximate surface area is 103 Å². The van der Waals surface area contributed by atoms with Crippen molar-refractivity contribution in [1.82, 2.24) is 15.0 Å². The molecule has 2 aromatic heterocycles. The number of carbonyl (C=O) groups is 1. The van der Waals surface area contributed by atoms with Gasteiger partial charge in [0.15, 0.2) is 0 Å². The van der Waals surface area contributed by atoms with E-state index in [1.807, 2.05) is 19.9 Å². The number of aromatic nitrogens is 3. The molecule has 0 atom stereocenters. The summed E-state index contributed by atoms with van der Waals surface area (Å²) in [7, 11) is 0. The number of nitrogens with zero attached hydrogens (tertiary/aromatic N) is 2. The predicted molar refractivity (Wildman–Crippen MR) is 66.5 cm³/mol. The summed E-state index contributed by atoms with van der Waals surface area (Å²) in [6.07, 6.45) is 1.35. The largest absolute Gasteiger partial charge is 0.328 e. The van der Waals surface area contributed by atoms with Crippen molar-refractivity contribution in [3.8, 4) is 0 Å². The van der Waals surface area contributed by atoms with Crippen LogP contribution in [0.15, 0.2) is 29.2 Å². The first kappa shape index (κ1) is 12.0. The van der Waals surface area contributed by atoms with Crippen LogP contribution in [-0.2, 0) is 0 Å². The molecular formula is C12H12N4O2. The van der Waals surface area contributed by atoms with Gasteiger partial charge in [-0.25, -0.2) is 9.97 Å². The summed E-state index contributed by atoms with van der Waals surface area (Å²) < 4.78 is 0. The molecular weight excluding hydrogens is 232 g/mol. The van der Waals surface area contributed by atoms with E-state index in [-0.39, 0.29) is 17.4 Å². The lowest BCUT2D eigenvalue weighted by Gasteiger charge is -2.05. The Balaban J connectivity index is 2.21. The summed E-state index contributed by atoms with van der Waals surface area (Å²) in [5.41, 5.74) is 1.64. The van der Waals surface area contributed by atoms with Gasteiger partial charge >= 0.3 is 0 Å². The number of carbonyl (C=O) groups excluding carboxylic acids is 1. The van der Waals surface area contributed by atoms with Crippen LogP contribution in [0.5, 0.6) is 0 Å². The highest BCUT2D eigenvalue weighted by Crippen LogP contribution is 2.05. The van der Waals surface area contributed by atoms with E-state index < -0.39 is 0 Å². The highest BCUT2D eigenvalue weighted by atomic mass is 16.2. The molecule has 0 aliphatic rings. The fourth-order valence-corrected chi connectivity index (χ4v) is 1.51. The third kappa shape index (κ3) is 2.79. The Morgan fingerprint density at radius 3 is 2.44 bits per heavy atom. The Morgan fingerprint density at radius 1 is 1.22 bits per heavy atom. The van der Waals surface area contributed by atoms with Crippen LogP contribution in [0.2, 0.25) is 0 Å². The van der Waals surface area contributed by atoms with E-state index in [9.17, 15) is 9.59 Å². The van der Waals surface area contributed by atoms with Gasteiger partial charge in [0, 0.05) is 23.7 Å². The lowest BCUT2D eigenvalue weighted by Crippen LogP contribution is -2.16. The number of aryl methyl sites for hydroxylation is 2. The molecule has 0 aliphatic carbocycles. The number of pyridine rings is 1. The number of anilines is 1. The number of nitrogens with one attached hydrogen (secondary N) is 2. The zero-order valence-corrected chi connectivity index (χ0v) is 10.0. The summed E-state index contributed by atoms with van der Waals surface area (Å²) >= 11 is 0. The Morgan fingerprint density at radius 2 is 1.89 bits per heavy atom. The second-order valence-electron chi connectivity index (χ2n) is 3.87. The number of amides is 1. The first-order valence-electron chi connectivity index (χ1n) is 5.37. The SMILES string of the molecule is Cc1cc(C)nc(NC(=O)c2ccc(=O)[nH]c2)n1. The number of aromatic amines is 1. The molecule has 0 saturated carbocycles. The molecule has 0 saturated heterocycles. The molecule has 2 heterocycles. The molecule has 2 aromatic rings. The highest BCUT2D eigenvalue weighted by Gasteiger charge is 2.08. The Hall–Kier alpha value is -2.50. The zero-order valence-electron chi connectivity index (χ0n) is 10.0. The van der Waals surface area contributed by atoms with Crippen LogP contribution in [0, 0.1) is 13.8 Å². The second kappa shape index (κ2) is 4.79. The third-order valence-corrected chi connectivity index (χ3v) is 2.25. The van der Waals surface area contributed by atoms with E-state index in [4.69, 9.17) is 0 Å². The van der Waals surface area contributed by atoms with E-state index in [2.05, 4.69) is 20.3 Å². The molecule has 2 N–H and O–H groups in total. The van der Waals surface area contributed by atoms with E-state index >= 15 is 0 Å². The lowest BCUT2D eigenvalue weighted by atomic mass is 10.3. The quantitative estimate of drug-likeness (QED) is 0.826. The van der Waals surface area contributed by atoms with E-state index in [0.717, 1.165) is 11.4 Å². The van der Waals surface area contributed by atoms with E-state index in [0.29, 0.717) is 5.56 Å². The molecule has 18 heavy (non-hydrogen) atoms. The minimum atomic E-state index is -0.365. The standard InChI is InChI=1S/C12H12N4O2/c1-7-5-8(2)15-12(14-7)16-11(18)9-3-4-10(17)13-6-9/h3-6H,1-2H3,(H,13,17)(H,14,15,16,18).